The molecule has 0 N–H and O–H groups in total. The van der Waals surface area contributed by atoms with Gasteiger partial charge in [-0.2, -0.15) is 0 Å². The molecule has 1 aliphatic rings. The van der Waals surface area contributed by atoms with E-state index in [1.807, 2.05) is 39.0 Å². The van der Waals surface area contributed by atoms with E-state index in [-0.39, 0.29) is 11.9 Å². The fraction of sp³-hybridized carbons (Fsp3) is 0.381. The SMILES string of the molecule is COc1cccc(F)c1-c1cccc2c1CN(C(=O)OC(C)(C)C)CC2. The van der Waals surface area contributed by atoms with Crippen molar-refractivity contribution in [2.75, 3.05) is 13.7 Å². The quantitative estimate of drug-likeness (QED) is 0.775. The van der Waals surface area contributed by atoms with Gasteiger partial charge in [0.15, 0.2) is 0 Å². The van der Waals surface area contributed by atoms with Crippen LogP contribution in [0.1, 0.15) is 31.9 Å². The lowest BCUT2D eigenvalue weighted by molar-refractivity contribution is 0.0224. The van der Waals surface area contributed by atoms with E-state index in [0.717, 1.165) is 16.7 Å². The Balaban J connectivity index is 2.00. The van der Waals surface area contributed by atoms with Crippen molar-refractivity contribution in [3.63, 3.8) is 0 Å². The highest BCUT2D eigenvalue weighted by atomic mass is 19.1. The molecule has 0 bridgehead atoms. The molecule has 3 rings (SSSR count). The molecule has 0 spiro atoms. The highest BCUT2D eigenvalue weighted by Crippen LogP contribution is 2.37. The van der Waals surface area contributed by atoms with Crippen molar-refractivity contribution >= 4 is 6.09 Å². The predicted octanol–water partition coefficient (Wildman–Crippen LogP) is 4.79. The number of carbonyl (C=O) groups is 1. The maximum absolute atomic E-state index is 14.6. The first-order chi connectivity index (χ1) is 12.3. The average molecular weight is 357 g/mol. The summed E-state index contributed by atoms with van der Waals surface area (Å²) in [6, 6.07) is 10.6. The molecule has 138 valence electrons. The highest BCUT2D eigenvalue weighted by Gasteiger charge is 2.28. The maximum Gasteiger partial charge on any atom is 0.410 e. The Kier molecular flexibility index (Phi) is 4.90. The van der Waals surface area contributed by atoms with E-state index in [4.69, 9.17) is 9.47 Å². The number of rotatable bonds is 2. The number of benzene rings is 2. The van der Waals surface area contributed by atoms with Crippen molar-refractivity contribution in [1.82, 2.24) is 4.90 Å². The normalized spacial score (nSPS) is 14.0. The van der Waals surface area contributed by atoms with E-state index in [9.17, 15) is 9.18 Å². The van der Waals surface area contributed by atoms with E-state index < -0.39 is 5.60 Å². The van der Waals surface area contributed by atoms with Crippen LogP contribution < -0.4 is 4.74 Å². The number of hydrogen-bond acceptors (Lipinski definition) is 3. The van der Waals surface area contributed by atoms with Gasteiger partial charge in [-0.05, 0) is 56.0 Å². The van der Waals surface area contributed by atoms with Crippen LogP contribution in [0.3, 0.4) is 0 Å². The Hall–Kier alpha value is -2.56. The molecule has 0 unspecified atom stereocenters. The summed E-state index contributed by atoms with van der Waals surface area (Å²) in [5, 5.41) is 0. The second kappa shape index (κ2) is 6.98. The molecule has 4 nitrogen and oxygen atoms in total. The molecule has 26 heavy (non-hydrogen) atoms. The molecular weight excluding hydrogens is 333 g/mol. The van der Waals surface area contributed by atoms with Crippen molar-refractivity contribution < 1.29 is 18.7 Å². The molecule has 1 heterocycles. The Labute approximate surface area is 153 Å². The van der Waals surface area contributed by atoms with E-state index in [0.29, 0.717) is 30.8 Å². The Morgan fingerprint density at radius 1 is 1.15 bits per heavy atom. The monoisotopic (exact) mass is 357 g/mol. The van der Waals surface area contributed by atoms with Crippen molar-refractivity contribution in [3.05, 3.63) is 53.3 Å². The number of halogens is 1. The van der Waals surface area contributed by atoms with Crippen LogP contribution in [-0.4, -0.2) is 30.2 Å². The zero-order chi connectivity index (χ0) is 18.9. The first kappa shape index (κ1) is 18.2. The zero-order valence-corrected chi connectivity index (χ0v) is 15.6. The summed E-state index contributed by atoms with van der Waals surface area (Å²) < 4.78 is 25.4. The first-order valence-electron chi connectivity index (χ1n) is 8.71. The maximum atomic E-state index is 14.6. The van der Waals surface area contributed by atoms with E-state index in [1.165, 1.54) is 13.2 Å². The number of amides is 1. The number of carbonyl (C=O) groups excluding carboxylic acids is 1. The van der Waals surface area contributed by atoms with Crippen molar-refractivity contribution in [2.24, 2.45) is 0 Å². The van der Waals surface area contributed by atoms with E-state index in [2.05, 4.69) is 0 Å². The second-order valence-corrected chi connectivity index (χ2v) is 7.41. The zero-order valence-electron chi connectivity index (χ0n) is 15.6. The molecule has 2 aromatic carbocycles. The number of methoxy groups -OCH3 is 1. The van der Waals surface area contributed by atoms with Gasteiger partial charge in [-0.15, -0.1) is 0 Å². The minimum absolute atomic E-state index is 0.341. The van der Waals surface area contributed by atoms with Gasteiger partial charge in [0.2, 0.25) is 0 Å². The third-order valence-corrected chi connectivity index (χ3v) is 4.39. The van der Waals surface area contributed by atoms with Gasteiger partial charge in [0.05, 0.1) is 12.7 Å². The van der Waals surface area contributed by atoms with Crippen LogP contribution in [0.15, 0.2) is 36.4 Å². The smallest absolute Gasteiger partial charge is 0.410 e. The molecule has 0 atom stereocenters. The van der Waals surface area contributed by atoms with Crippen LogP contribution in [0.2, 0.25) is 0 Å². The molecule has 0 saturated carbocycles. The summed E-state index contributed by atoms with van der Waals surface area (Å²) >= 11 is 0. The molecule has 1 amide bonds. The molecule has 0 aliphatic carbocycles. The summed E-state index contributed by atoms with van der Waals surface area (Å²) in [5.41, 5.74) is 2.69. The van der Waals surface area contributed by atoms with Gasteiger partial charge in [-0.25, -0.2) is 9.18 Å². The lowest BCUT2D eigenvalue weighted by Gasteiger charge is -2.32. The van der Waals surface area contributed by atoms with Crippen molar-refractivity contribution in [3.8, 4) is 16.9 Å². The largest absolute Gasteiger partial charge is 0.496 e. The lowest BCUT2D eigenvalue weighted by Crippen LogP contribution is -2.40. The lowest BCUT2D eigenvalue weighted by atomic mass is 9.90. The van der Waals surface area contributed by atoms with Crippen molar-refractivity contribution in [1.29, 1.82) is 0 Å². The minimum Gasteiger partial charge on any atom is -0.496 e. The molecule has 5 heteroatoms. The summed E-state index contributed by atoms with van der Waals surface area (Å²) in [7, 11) is 1.53. The van der Waals surface area contributed by atoms with Crippen LogP contribution in [0, 0.1) is 5.82 Å². The Morgan fingerprint density at radius 2 is 1.88 bits per heavy atom. The van der Waals surface area contributed by atoms with Gasteiger partial charge in [0.1, 0.15) is 17.2 Å². The molecular formula is C21H24FNO3. The third-order valence-electron chi connectivity index (χ3n) is 4.39. The van der Waals surface area contributed by atoms with Crippen LogP contribution in [0.25, 0.3) is 11.1 Å². The van der Waals surface area contributed by atoms with Crippen LogP contribution in [-0.2, 0) is 17.7 Å². The standard InChI is InChI=1S/C21H24FNO3/c1-21(2,3)26-20(24)23-12-11-14-7-5-8-15(16(14)13-23)19-17(22)9-6-10-18(19)25-4/h5-10H,11-13H2,1-4H3. The highest BCUT2D eigenvalue weighted by molar-refractivity contribution is 5.76. The van der Waals surface area contributed by atoms with Gasteiger partial charge in [-0.3, -0.25) is 0 Å². The van der Waals surface area contributed by atoms with Crippen LogP contribution in [0.4, 0.5) is 9.18 Å². The number of ether oxygens (including phenoxy) is 2. The van der Waals surface area contributed by atoms with Crippen molar-refractivity contribution in [2.45, 2.75) is 39.3 Å². The number of fused-ring (bicyclic) bond motifs is 1. The molecule has 0 saturated heterocycles. The second-order valence-electron chi connectivity index (χ2n) is 7.41. The molecule has 1 aliphatic heterocycles. The Morgan fingerprint density at radius 3 is 2.58 bits per heavy atom. The molecule has 0 aromatic heterocycles. The Bertz CT molecular complexity index is 826. The van der Waals surface area contributed by atoms with Gasteiger partial charge in [-0.1, -0.05) is 24.3 Å². The van der Waals surface area contributed by atoms with Gasteiger partial charge in [0, 0.05) is 13.1 Å². The van der Waals surface area contributed by atoms with Gasteiger partial charge >= 0.3 is 6.09 Å². The van der Waals surface area contributed by atoms with E-state index in [1.54, 1.807) is 17.0 Å². The third kappa shape index (κ3) is 3.66. The summed E-state index contributed by atoms with van der Waals surface area (Å²) in [5.74, 6) is 0.139. The van der Waals surface area contributed by atoms with Gasteiger partial charge in [0.25, 0.3) is 0 Å². The molecule has 0 radical (unpaired) electrons. The van der Waals surface area contributed by atoms with Gasteiger partial charge < -0.3 is 14.4 Å². The summed E-state index contributed by atoms with van der Waals surface area (Å²) in [6.45, 7) is 6.51. The summed E-state index contributed by atoms with van der Waals surface area (Å²) in [4.78, 5) is 14.1. The van der Waals surface area contributed by atoms with Crippen LogP contribution in [0.5, 0.6) is 5.75 Å². The first-order valence-corrected chi connectivity index (χ1v) is 8.71. The molecule has 0 fully saturated rings. The topological polar surface area (TPSA) is 38.8 Å². The number of hydrogen-bond donors (Lipinski definition) is 0. The van der Waals surface area contributed by atoms with Crippen LogP contribution >= 0.6 is 0 Å². The van der Waals surface area contributed by atoms with E-state index >= 15 is 0 Å². The fourth-order valence-electron chi connectivity index (χ4n) is 3.23. The predicted molar refractivity (Wildman–Crippen MR) is 98.7 cm³/mol. The molecule has 2 aromatic rings. The fourth-order valence-corrected chi connectivity index (χ4v) is 3.23. The summed E-state index contributed by atoms with van der Waals surface area (Å²) in [6.07, 6.45) is 0.359. The number of nitrogens with zero attached hydrogens (tertiary/aromatic N) is 1. The average Bonchev–Trinajstić information content (AvgIpc) is 2.59. The minimum atomic E-state index is -0.550.